The average Bonchev–Trinajstić information content (AvgIpc) is 3.11. The van der Waals surface area contributed by atoms with Crippen LogP contribution in [0.4, 0.5) is 8.78 Å². The highest BCUT2D eigenvalue weighted by molar-refractivity contribution is 5.33. The van der Waals surface area contributed by atoms with Crippen molar-refractivity contribution in [3.63, 3.8) is 0 Å². The van der Waals surface area contributed by atoms with E-state index in [1.807, 2.05) is 0 Å². The molecule has 0 radical (unpaired) electrons. The van der Waals surface area contributed by atoms with Crippen molar-refractivity contribution in [3.05, 3.63) is 52.3 Å². The third kappa shape index (κ3) is 2.77. The number of halogens is 2. The molecule has 0 N–H and O–H groups in total. The first-order valence-electron chi connectivity index (χ1n) is 7.41. The summed E-state index contributed by atoms with van der Waals surface area (Å²) >= 11 is 0. The van der Waals surface area contributed by atoms with Crippen LogP contribution in [0.3, 0.4) is 0 Å². The molecule has 0 aliphatic carbocycles. The Labute approximate surface area is 136 Å². The molecular weight excluding hydrogens is 322 g/mol. The van der Waals surface area contributed by atoms with Gasteiger partial charge in [0.15, 0.2) is 5.82 Å². The molecule has 0 unspecified atom stereocenters. The van der Waals surface area contributed by atoms with Crippen LogP contribution in [0.1, 0.15) is 19.2 Å². The molecule has 1 aromatic carbocycles. The zero-order chi connectivity index (χ0) is 18.1. The van der Waals surface area contributed by atoms with E-state index >= 15 is 0 Å². The largest absolute Gasteiger partial charge is 0.487 e. The van der Waals surface area contributed by atoms with Crippen molar-refractivity contribution in [2.45, 2.75) is 20.1 Å². The van der Waals surface area contributed by atoms with E-state index in [1.165, 1.54) is 13.1 Å². The van der Waals surface area contributed by atoms with E-state index in [1.54, 1.807) is 19.1 Å². The second-order valence-corrected chi connectivity index (χ2v) is 4.98. The van der Waals surface area contributed by atoms with Crippen LogP contribution in [0, 0.1) is 6.92 Å². The van der Waals surface area contributed by atoms with E-state index in [9.17, 15) is 13.6 Å². The predicted molar refractivity (Wildman–Crippen MR) is 79.1 cm³/mol. The monoisotopic (exact) mass is 338 g/mol. The predicted octanol–water partition coefficient (Wildman–Crippen LogP) is 1.45. The van der Waals surface area contributed by atoms with Crippen LogP contribution >= 0.6 is 0 Å². The fourth-order valence-corrected chi connectivity index (χ4v) is 2.11. The van der Waals surface area contributed by atoms with E-state index in [0.29, 0.717) is 21.9 Å². The van der Waals surface area contributed by atoms with E-state index in [4.69, 9.17) is 6.11 Å². The minimum atomic E-state index is -2.86. The molecule has 3 rings (SSSR count). The fraction of sp³-hybridized carbons (Fsp3) is 0.286. The lowest BCUT2D eigenvalue weighted by Gasteiger charge is -2.11. The molecule has 2 aromatic heterocycles. The van der Waals surface area contributed by atoms with Crippen molar-refractivity contribution in [2.75, 3.05) is 0 Å². The van der Waals surface area contributed by atoms with E-state index in [2.05, 4.69) is 15.4 Å². The highest BCUT2D eigenvalue weighted by Gasteiger charge is 2.21. The lowest BCUT2D eigenvalue weighted by Crippen LogP contribution is -2.23. The number of hydrogen-bond donors (Lipinski definition) is 0. The highest BCUT2D eigenvalue weighted by Crippen LogP contribution is 2.22. The Bertz CT molecular complexity index is 965. The van der Waals surface area contributed by atoms with Gasteiger partial charge in [0.2, 0.25) is 0 Å². The van der Waals surface area contributed by atoms with Crippen molar-refractivity contribution in [2.24, 2.45) is 7.05 Å². The summed E-state index contributed by atoms with van der Waals surface area (Å²) in [6, 6.07) is 5.01. The number of aromatic nitrogens is 6. The first kappa shape index (κ1) is 14.5. The van der Waals surface area contributed by atoms with E-state index in [0.717, 1.165) is 15.7 Å². The Kier molecular flexibility index (Phi) is 3.77. The number of para-hydroxylation sites is 1. The number of benzene rings is 1. The van der Waals surface area contributed by atoms with Crippen LogP contribution in [0.15, 0.2) is 35.4 Å². The van der Waals surface area contributed by atoms with Gasteiger partial charge in [0.1, 0.15) is 24.4 Å². The first-order chi connectivity index (χ1) is 11.9. The van der Waals surface area contributed by atoms with Gasteiger partial charge in [0, 0.05) is 7.05 Å². The zero-order valence-electron chi connectivity index (χ0n) is 13.8. The standard InChI is InChI=1S/C14H14F2N6O2/c1-9-5-3-4-6-11(9)24-7-10-12(17-8-21(10)13(15)16)22-14(23)20(2)18-19-22/h3-6,8,13H,7H2,1-2H3/i3T. The SMILES string of the molecule is [3H]c1ccc(OCc2c(-n3nnn(C)c3=O)ncn2C(F)F)c(C)c1. The quantitative estimate of drug-likeness (QED) is 0.703. The van der Waals surface area contributed by atoms with Crippen molar-refractivity contribution in [3.8, 4) is 11.6 Å². The fourth-order valence-electron chi connectivity index (χ4n) is 2.11. The van der Waals surface area contributed by atoms with Crippen LogP contribution in [-0.2, 0) is 13.7 Å². The van der Waals surface area contributed by atoms with Crippen molar-refractivity contribution < 1.29 is 14.9 Å². The third-order valence-corrected chi connectivity index (χ3v) is 3.39. The minimum absolute atomic E-state index is 0.0213. The van der Waals surface area contributed by atoms with Gasteiger partial charge in [-0.25, -0.2) is 9.78 Å². The summed E-state index contributed by atoms with van der Waals surface area (Å²) in [5.41, 5.74) is 0.0521. The van der Waals surface area contributed by atoms with Crippen molar-refractivity contribution in [1.82, 2.24) is 29.3 Å². The Morgan fingerprint density at radius 3 is 2.79 bits per heavy atom. The van der Waals surface area contributed by atoms with Gasteiger partial charge >= 0.3 is 12.2 Å². The lowest BCUT2D eigenvalue weighted by molar-refractivity contribution is 0.0638. The van der Waals surface area contributed by atoms with Crippen molar-refractivity contribution >= 4 is 0 Å². The number of hydrogen-bond acceptors (Lipinski definition) is 5. The molecular formula is C14H14F2N6O2. The summed E-state index contributed by atoms with van der Waals surface area (Å²) < 4.78 is 42.0. The minimum Gasteiger partial charge on any atom is -0.487 e. The number of rotatable bonds is 5. The maximum absolute atomic E-state index is 13.2. The average molecular weight is 338 g/mol. The van der Waals surface area contributed by atoms with Crippen LogP contribution in [0.25, 0.3) is 5.82 Å². The number of tetrazole rings is 1. The second kappa shape index (κ2) is 6.22. The Morgan fingerprint density at radius 1 is 1.38 bits per heavy atom. The summed E-state index contributed by atoms with van der Waals surface area (Å²) in [7, 11) is 1.39. The smallest absolute Gasteiger partial charge is 0.369 e. The molecule has 0 amide bonds. The molecule has 10 heteroatoms. The number of aryl methyl sites for hydroxylation is 2. The summed E-state index contributed by atoms with van der Waals surface area (Å²) in [5, 5.41) is 7.17. The van der Waals surface area contributed by atoms with Gasteiger partial charge < -0.3 is 4.74 Å². The molecule has 0 aliphatic rings. The van der Waals surface area contributed by atoms with Gasteiger partial charge in [-0.15, -0.1) is 4.68 Å². The molecule has 0 bridgehead atoms. The normalized spacial score (nSPS) is 11.8. The van der Waals surface area contributed by atoms with E-state index in [-0.39, 0.29) is 18.1 Å². The number of nitrogens with zero attached hydrogens (tertiary/aromatic N) is 6. The Balaban J connectivity index is 1.97. The maximum atomic E-state index is 13.2. The van der Waals surface area contributed by atoms with Gasteiger partial charge in [0.25, 0.3) is 0 Å². The molecule has 8 nitrogen and oxygen atoms in total. The van der Waals surface area contributed by atoms with Crippen LogP contribution in [0.2, 0.25) is 0 Å². The molecule has 2 heterocycles. The molecule has 0 spiro atoms. The van der Waals surface area contributed by atoms with Crippen LogP contribution in [-0.4, -0.2) is 29.3 Å². The second-order valence-electron chi connectivity index (χ2n) is 4.98. The van der Waals surface area contributed by atoms with Gasteiger partial charge in [-0.05, 0) is 29.0 Å². The maximum Gasteiger partial charge on any atom is 0.369 e. The summed E-state index contributed by atoms with van der Waals surface area (Å²) in [5.74, 6) is 0.364. The third-order valence-electron chi connectivity index (χ3n) is 3.39. The molecule has 0 saturated carbocycles. The zero-order valence-corrected chi connectivity index (χ0v) is 12.8. The lowest BCUT2D eigenvalue weighted by atomic mass is 10.2. The Hall–Kier alpha value is -3.04. The molecule has 24 heavy (non-hydrogen) atoms. The summed E-state index contributed by atoms with van der Waals surface area (Å²) in [4.78, 5) is 15.8. The van der Waals surface area contributed by atoms with Gasteiger partial charge in [-0.3, -0.25) is 4.57 Å². The van der Waals surface area contributed by atoms with Gasteiger partial charge in [-0.2, -0.15) is 13.5 Å². The Morgan fingerprint density at radius 2 is 2.17 bits per heavy atom. The number of imidazole rings is 1. The topological polar surface area (TPSA) is 79.8 Å². The first-order valence-corrected chi connectivity index (χ1v) is 6.91. The summed E-state index contributed by atoms with van der Waals surface area (Å²) in [6.45, 7) is -1.38. The molecule has 0 aliphatic heterocycles. The number of ether oxygens (including phenoxy) is 1. The molecule has 3 aromatic rings. The van der Waals surface area contributed by atoms with Crippen molar-refractivity contribution in [1.29, 1.82) is 0 Å². The molecule has 126 valence electrons. The summed E-state index contributed by atoms with van der Waals surface area (Å²) in [6.07, 6.45) is 0.916. The van der Waals surface area contributed by atoms with E-state index < -0.39 is 12.2 Å². The van der Waals surface area contributed by atoms with Crippen LogP contribution < -0.4 is 10.4 Å². The number of alkyl halides is 2. The van der Waals surface area contributed by atoms with Gasteiger partial charge in [-0.1, -0.05) is 18.2 Å². The van der Waals surface area contributed by atoms with Gasteiger partial charge in [0.05, 0.1) is 1.37 Å². The molecule has 0 fully saturated rings. The highest BCUT2D eigenvalue weighted by atomic mass is 19.3. The molecule has 0 saturated heterocycles. The molecule has 0 atom stereocenters. The van der Waals surface area contributed by atoms with Crippen LogP contribution in [0.5, 0.6) is 5.75 Å².